The van der Waals surface area contributed by atoms with Crippen molar-refractivity contribution in [1.29, 1.82) is 0 Å². The number of pyridine rings is 1. The van der Waals surface area contributed by atoms with Gasteiger partial charge in [-0.2, -0.15) is 0 Å². The van der Waals surface area contributed by atoms with Crippen LogP contribution in [0.5, 0.6) is 0 Å². The second kappa shape index (κ2) is 6.64. The molecule has 0 aliphatic carbocycles. The predicted molar refractivity (Wildman–Crippen MR) is 92.8 cm³/mol. The van der Waals surface area contributed by atoms with Gasteiger partial charge in [-0.25, -0.2) is 0 Å². The van der Waals surface area contributed by atoms with Gasteiger partial charge in [0, 0.05) is 36.1 Å². The molecule has 0 saturated carbocycles. The molecule has 0 bridgehead atoms. The number of aliphatic hydroxyl groups is 1. The normalized spacial score (nSPS) is 12.1. The third-order valence-corrected chi connectivity index (χ3v) is 3.94. The van der Waals surface area contributed by atoms with Crippen molar-refractivity contribution in [3.8, 4) is 0 Å². The number of benzene rings is 2. The molecule has 1 unspecified atom stereocenters. The summed E-state index contributed by atoms with van der Waals surface area (Å²) in [5, 5.41) is 25.2. The molecule has 0 aliphatic rings. The lowest BCUT2D eigenvalue weighted by molar-refractivity contribution is -0.383. The van der Waals surface area contributed by atoms with Crippen molar-refractivity contribution in [3.63, 3.8) is 0 Å². The molecule has 2 aromatic carbocycles. The van der Waals surface area contributed by atoms with Crippen molar-refractivity contribution in [2.24, 2.45) is 0 Å². The summed E-state index contributed by atoms with van der Waals surface area (Å²) >= 11 is 0. The van der Waals surface area contributed by atoms with E-state index in [1.165, 1.54) is 12.3 Å². The van der Waals surface area contributed by atoms with E-state index in [0.717, 1.165) is 22.2 Å². The van der Waals surface area contributed by atoms with Crippen LogP contribution in [0, 0.1) is 10.1 Å². The number of nitro benzene ring substituents is 1. The van der Waals surface area contributed by atoms with Gasteiger partial charge in [0.1, 0.15) is 0 Å². The Morgan fingerprint density at radius 3 is 2.58 bits per heavy atom. The third kappa shape index (κ3) is 3.18. The number of hydrogen-bond donors (Lipinski definition) is 2. The quantitative estimate of drug-likeness (QED) is 0.550. The average molecular weight is 323 g/mol. The van der Waals surface area contributed by atoms with E-state index in [1.807, 2.05) is 24.3 Å². The fraction of sp³-hybridized carbons (Fsp3) is 0.167. The van der Waals surface area contributed by atoms with Gasteiger partial charge in [-0.1, -0.05) is 24.3 Å². The Morgan fingerprint density at radius 1 is 1.17 bits per heavy atom. The fourth-order valence-corrected chi connectivity index (χ4v) is 2.60. The maximum atomic E-state index is 11.1. The lowest BCUT2D eigenvalue weighted by Crippen LogP contribution is -2.01. The minimum Gasteiger partial charge on any atom is -0.389 e. The van der Waals surface area contributed by atoms with Gasteiger partial charge in [0.15, 0.2) is 0 Å². The molecule has 1 heterocycles. The second-order valence-corrected chi connectivity index (χ2v) is 5.58. The first kappa shape index (κ1) is 15.9. The predicted octanol–water partition coefficient (Wildman–Crippen LogP) is 3.81. The first-order chi connectivity index (χ1) is 11.6. The van der Waals surface area contributed by atoms with Crippen molar-refractivity contribution < 1.29 is 10.0 Å². The van der Waals surface area contributed by atoms with E-state index in [1.54, 1.807) is 25.3 Å². The number of aliphatic hydroxyl groups excluding tert-OH is 1. The van der Waals surface area contributed by atoms with Crippen LogP contribution in [0.25, 0.3) is 10.8 Å². The van der Waals surface area contributed by atoms with Gasteiger partial charge in [-0.05, 0) is 30.2 Å². The molecular formula is C18H17N3O3. The SMILES string of the molecule is CC(O)c1ccc(CNc2ccc([N+](=O)[O-])c3cnccc23)cc1. The molecular weight excluding hydrogens is 306 g/mol. The molecule has 0 spiro atoms. The number of nitrogens with one attached hydrogen (secondary N) is 1. The van der Waals surface area contributed by atoms with Gasteiger partial charge in [-0.15, -0.1) is 0 Å². The number of aromatic nitrogens is 1. The highest BCUT2D eigenvalue weighted by atomic mass is 16.6. The van der Waals surface area contributed by atoms with Crippen molar-refractivity contribution in [2.75, 3.05) is 5.32 Å². The van der Waals surface area contributed by atoms with E-state index in [-0.39, 0.29) is 5.69 Å². The van der Waals surface area contributed by atoms with Crippen LogP contribution in [0.2, 0.25) is 0 Å². The molecule has 2 N–H and O–H groups in total. The summed E-state index contributed by atoms with van der Waals surface area (Å²) in [6.07, 6.45) is 2.64. The van der Waals surface area contributed by atoms with Gasteiger partial charge in [-0.3, -0.25) is 15.1 Å². The molecule has 0 saturated heterocycles. The Bertz CT molecular complexity index is 876. The van der Waals surface area contributed by atoms with E-state index < -0.39 is 11.0 Å². The lowest BCUT2D eigenvalue weighted by Gasteiger charge is -2.11. The summed E-state index contributed by atoms with van der Waals surface area (Å²) in [6.45, 7) is 2.31. The van der Waals surface area contributed by atoms with Gasteiger partial charge >= 0.3 is 0 Å². The summed E-state index contributed by atoms with van der Waals surface area (Å²) in [6, 6.07) is 12.6. The summed E-state index contributed by atoms with van der Waals surface area (Å²) in [5.41, 5.74) is 2.79. The molecule has 24 heavy (non-hydrogen) atoms. The van der Waals surface area contributed by atoms with Crippen LogP contribution in [0.3, 0.4) is 0 Å². The van der Waals surface area contributed by atoms with Crippen molar-refractivity contribution >= 4 is 22.1 Å². The Balaban J connectivity index is 1.85. The largest absolute Gasteiger partial charge is 0.389 e. The van der Waals surface area contributed by atoms with Gasteiger partial charge in [0.25, 0.3) is 5.69 Å². The zero-order chi connectivity index (χ0) is 17.1. The van der Waals surface area contributed by atoms with Crippen LogP contribution in [0.4, 0.5) is 11.4 Å². The number of nitrogens with zero attached hydrogens (tertiary/aromatic N) is 2. The number of non-ortho nitro benzene ring substituents is 1. The van der Waals surface area contributed by atoms with Gasteiger partial charge in [0.2, 0.25) is 0 Å². The zero-order valence-corrected chi connectivity index (χ0v) is 13.1. The van der Waals surface area contributed by atoms with E-state index in [4.69, 9.17) is 0 Å². The van der Waals surface area contributed by atoms with E-state index in [9.17, 15) is 15.2 Å². The number of rotatable bonds is 5. The van der Waals surface area contributed by atoms with E-state index in [2.05, 4.69) is 10.3 Å². The monoisotopic (exact) mass is 323 g/mol. The summed E-state index contributed by atoms with van der Waals surface area (Å²) in [4.78, 5) is 14.7. The molecule has 0 amide bonds. The summed E-state index contributed by atoms with van der Waals surface area (Å²) in [7, 11) is 0. The van der Waals surface area contributed by atoms with E-state index >= 15 is 0 Å². The molecule has 0 fully saturated rings. The minimum atomic E-state index is -0.488. The Labute approximate surface area is 138 Å². The van der Waals surface area contributed by atoms with Crippen LogP contribution in [-0.2, 0) is 6.54 Å². The summed E-state index contributed by atoms with van der Waals surface area (Å²) < 4.78 is 0. The maximum Gasteiger partial charge on any atom is 0.278 e. The fourth-order valence-electron chi connectivity index (χ4n) is 2.60. The number of fused-ring (bicyclic) bond motifs is 1. The van der Waals surface area contributed by atoms with Crippen molar-refractivity contribution in [1.82, 2.24) is 4.98 Å². The van der Waals surface area contributed by atoms with E-state index in [0.29, 0.717) is 11.9 Å². The Morgan fingerprint density at radius 2 is 1.92 bits per heavy atom. The third-order valence-electron chi connectivity index (χ3n) is 3.94. The summed E-state index contributed by atoms with van der Waals surface area (Å²) in [5.74, 6) is 0. The number of anilines is 1. The first-order valence-corrected chi connectivity index (χ1v) is 7.58. The highest BCUT2D eigenvalue weighted by Gasteiger charge is 2.14. The van der Waals surface area contributed by atoms with Crippen LogP contribution >= 0.6 is 0 Å². The van der Waals surface area contributed by atoms with Crippen LogP contribution in [0.1, 0.15) is 24.2 Å². The molecule has 122 valence electrons. The van der Waals surface area contributed by atoms with Crippen molar-refractivity contribution in [2.45, 2.75) is 19.6 Å². The Kier molecular flexibility index (Phi) is 4.39. The molecule has 0 radical (unpaired) electrons. The highest BCUT2D eigenvalue weighted by molar-refractivity contribution is 5.99. The molecule has 3 rings (SSSR count). The number of hydrogen-bond acceptors (Lipinski definition) is 5. The second-order valence-electron chi connectivity index (χ2n) is 5.58. The van der Waals surface area contributed by atoms with Gasteiger partial charge in [0.05, 0.1) is 16.4 Å². The molecule has 3 aromatic rings. The van der Waals surface area contributed by atoms with Crippen LogP contribution < -0.4 is 5.32 Å². The van der Waals surface area contributed by atoms with Gasteiger partial charge < -0.3 is 10.4 Å². The standard InChI is InChI=1S/C18H17N3O3/c1-12(22)14-4-2-13(3-5-14)10-20-17-6-7-18(21(23)24)16-11-19-9-8-15(16)17/h2-9,11-12,20,22H,10H2,1H3. The number of nitro groups is 1. The first-order valence-electron chi connectivity index (χ1n) is 7.58. The molecule has 1 aromatic heterocycles. The lowest BCUT2D eigenvalue weighted by atomic mass is 10.1. The highest BCUT2D eigenvalue weighted by Crippen LogP contribution is 2.30. The molecule has 1 atom stereocenters. The maximum absolute atomic E-state index is 11.1. The molecule has 6 nitrogen and oxygen atoms in total. The average Bonchev–Trinajstić information content (AvgIpc) is 2.59. The van der Waals surface area contributed by atoms with Crippen LogP contribution in [0.15, 0.2) is 54.9 Å². The van der Waals surface area contributed by atoms with Crippen LogP contribution in [-0.4, -0.2) is 15.0 Å². The molecule has 0 aliphatic heterocycles. The smallest absolute Gasteiger partial charge is 0.278 e. The van der Waals surface area contributed by atoms with Crippen molar-refractivity contribution in [3.05, 3.63) is 76.1 Å². The topological polar surface area (TPSA) is 88.3 Å². The minimum absolute atomic E-state index is 0.0462. The molecule has 6 heteroatoms. The zero-order valence-electron chi connectivity index (χ0n) is 13.1. The Hall–Kier alpha value is -2.99.